The summed E-state index contributed by atoms with van der Waals surface area (Å²) in [4.78, 5) is 16.9. The first-order valence-electron chi connectivity index (χ1n) is 19.1. The summed E-state index contributed by atoms with van der Waals surface area (Å²) in [5, 5.41) is 10.8. The molecule has 296 valence electrons. The van der Waals surface area contributed by atoms with Gasteiger partial charge < -0.3 is 19.2 Å². The summed E-state index contributed by atoms with van der Waals surface area (Å²) in [5.41, 5.74) is 4.44. The number of hydrogen-bond acceptors (Lipinski definition) is 7. The van der Waals surface area contributed by atoms with Gasteiger partial charge in [0.15, 0.2) is 0 Å². The molecular weight excluding hydrogens is 766 g/mol. The average molecular weight is 816 g/mol. The molecule has 0 saturated carbocycles. The van der Waals surface area contributed by atoms with Crippen molar-refractivity contribution < 1.29 is 31.8 Å². The van der Waals surface area contributed by atoms with E-state index < -0.39 is 22.0 Å². The number of carbonyl (C=O) groups is 1. The molecule has 1 fully saturated rings. The Morgan fingerprint density at radius 3 is 2.62 bits per heavy atom. The van der Waals surface area contributed by atoms with Crippen LogP contribution in [0.2, 0.25) is 5.02 Å². The Morgan fingerprint density at radius 1 is 1.09 bits per heavy atom. The lowest BCUT2D eigenvalue weighted by molar-refractivity contribution is 0.0519. The van der Waals surface area contributed by atoms with Gasteiger partial charge in [-0.15, -0.1) is 11.6 Å². The summed E-state index contributed by atoms with van der Waals surface area (Å²) in [5.74, 6) is 0.407. The van der Waals surface area contributed by atoms with Gasteiger partial charge in [0.05, 0.1) is 41.2 Å². The third-order valence-electron chi connectivity index (χ3n) is 10.5. The number of nitrogens with zero attached hydrogens (tertiary/aromatic N) is 2. The minimum atomic E-state index is -3.70. The number of esters is 1. The van der Waals surface area contributed by atoms with Crippen LogP contribution in [0.25, 0.3) is 32.8 Å². The van der Waals surface area contributed by atoms with Gasteiger partial charge in [-0.1, -0.05) is 36.7 Å². The maximum Gasteiger partial charge on any atom is 0.355 e. The molecular formula is C41H49Cl2FN4O6S. The van der Waals surface area contributed by atoms with Crippen molar-refractivity contribution in [3.63, 3.8) is 0 Å². The topological polar surface area (TPSA) is 127 Å². The van der Waals surface area contributed by atoms with Gasteiger partial charge in [0, 0.05) is 53.7 Å². The lowest BCUT2D eigenvalue weighted by Gasteiger charge is -2.30. The normalized spacial score (nSPS) is 14.6. The van der Waals surface area contributed by atoms with E-state index in [1.807, 2.05) is 37.3 Å². The molecule has 2 N–H and O–H groups in total. The van der Waals surface area contributed by atoms with Crippen LogP contribution in [-0.4, -0.2) is 79.0 Å². The largest absolute Gasteiger partial charge is 0.493 e. The van der Waals surface area contributed by atoms with E-state index in [-0.39, 0.29) is 24.1 Å². The van der Waals surface area contributed by atoms with Crippen LogP contribution in [-0.2, 0) is 32.3 Å². The molecule has 1 aliphatic heterocycles. The fourth-order valence-electron chi connectivity index (χ4n) is 7.62. The number of H-pyrrole nitrogens is 2. The Labute approximate surface area is 332 Å². The van der Waals surface area contributed by atoms with Gasteiger partial charge in [-0.3, -0.25) is 5.10 Å². The Bertz CT molecular complexity index is 2220. The van der Waals surface area contributed by atoms with Crippen LogP contribution in [0.15, 0.2) is 48.5 Å². The Hall–Kier alpha value is -3.68. The van der Waals surface area contributed by atoms with Crippen molar-refractivity contribution in [1.29, 1.82) is 0 Å². The number of aromatic amines is 2. The zero-order valence-electron chi connectivity index (χ0n) is 31.6. The van der Waals surface area contributed by atoms with Crippen LogP contribution in [0.1, 0.15) is 85.9 Å². The van der Waals surface area contributed by atoms with Crippen molar-refractivity contribution in [3.05, 3.63) is 82.0 Å². The molecule has 55 heavy (non-hydrogen) atoms. The summed E-state index contributed by atoms with van der Waals surface area (Å²) in [7, 11) is -2.08. The number of aryl methyl sites for hydroxylation is 2. The number of nitrogens with one attached hydrogen (secondary N) is 2. The number of sulfonamides is 1. The van der Waals surface area contributed by atoms with Gasteiger partial charge in [-0.2, -0.15) is 9.40 Å². The Kier molecular flexibility index (Phi) is 13.8. The maximum absolute atomic E-state index is 13.9. The number of rotatable bonds is 18. The number of fused-ring (bicyclic) bond motifs is 2. The number of carbonyl (C=O) groups excluding carboxylic acids is 1. The third-order valence-corrected chi connectivity index (χ3v) is 13.1. The molecule has 0 amide bonds. The standard InChI is InChI=1S/C41H49Cl2FN4O6S/c1-4-33-37(40(47-46-33)34(17-12-26-18-22-52-23-19-26)48(3)55(50,51)24-8-20-42)36-32(43)16-15-31-30(39(45-38(31)36)41(49)53-5-2)10-7-21-54-35-11-6-9-27-25-28(44)13-14-29(27)35/h6,9,11,13-16,25-26,34,45H,4-5,7-8,10,12,17-24H2,1-3H3,(H,46,47). The van der Waals surface area contributed by atoms with E-state index in [0.717, 1.165) is 46.7 Å². The van der Waals surface area contributed by atoms with Crippen molar-refractivity contribution in [2.45, 2.75) is 71.3 Å². The highest BCUT2D eigenvalue weighted by Crippen LogP contribution is 2.44. The summed E-state index contributed by atoms with van der Waals surface area (Å²) in [6.07, 6.45) is 5.12. The first kappa shape index (κ1) is 41.0. The molecule has 0 spiro atoms. The second kappa shape index (κ2) is 18.5. The molecule has 1 saturated heterocycles. The second-order valence-electron chi connectivity index (χ2n) is 14.0. The first-order chi connectivity index (χ1) is 26.6. The summed E-state index contributed by atoms with van der Waals surface area (Å²) < 4.78 is 60.1. The minimum Gasteiger partial charge on any atom is -0.493 e. The number of hydrogen-bond donors (Lipinski definition) is 2. The van der Waals surface area contributed by atoms with E-state index in [1.165, 1.54) is 16.4 Å². The van der Waals surface area contributed by atoms with Gasteiger partial charge >= 0.3 is 5.97 Å². The molecule has 1 atom stereocenters. The van der Waals surface area contributed by atoms with E-state index in [4.69, 9.17) is 42.5 Å². The van der Waals surface area contributed by atoms with Gasteiger partial charge in [0.25, 0.3) is 0 Å². The van der Waals surface area contributed by atoms with Crippen LogP contribution < -0.4 is 4.74 Å². The van der Waals surface area contributed by atoms with Gasteiger partial charge in [0.2, 0.25) is 10.0 Å². The molecule has 10 nitrogen and oxygen atoms in total. The Morgan fingerprint density at radius 2 is 1.87 bits per heavy atom. The highest BCUT2D eigenvalue weighted by Gasteiger charge is 2.34. The lowest BCUT2D eigenvalue weighted by Crippen LogP contribution is -2.34. The van der Waals surface area contributed by atoms with Crippen molar-refractivity contribution >= 4 is 60.9 Å². The summed E-state index contributed by atoms with van der Waals surface area (Å²) in [6.45, 7) is 5.69. The number of ether oxygens (including phenoxy) is 3. The van der Waals surface area contributed by atoms with Crippen LogP contribution in [0, 0.1) is 11.7 Å². The zero-order chi connectivity index (χ0) is 39.1. The molecule has 6 rings (SSSR count). The fourth-order valence-corrected chi connectivity index (χ4v) is 9.56. The first-order valence-corrected chi connectivity index (χ1v) is 21.6. The maximum atomic E-state index is 13.9. The van der Waals surface area contributed by atoms with Crippen molar-refractivity contribution in [2.24, 2.45) is 5.92 Å². The van der Waals surface area contributed by atoms with E-state index >= 15 is 0 Å². The predicted molar refractivity (Wildman–Crippen MR) is 216 cm³/mol. The van der Waals surface area contributed by atoms with E-state index in [1.54, 1.807) is 20.0 Å². The van der Waals surface area contributed by atoms with Gasteiger partial charge in [-0.05, 0) is 105 Å². The van der Waals surface area contributed by atoms with Gasteiger partial charge in [-0.25, -0.2) is 17.6 Å². The molecule has 1 aliphatic rings. The number of alkyl halides is 1. The lowest BCUT2D eigenvalue weighted by atomic mass is 9.89. The molecule has 5 aromatic rings. The number of aromatic nitrogens is 3. The molecule has 3 heterocycles. The zero-order valence-corrected chi connectivity index (χ0v) is 33.9. The van der Waals surface area contributed by atoms with Gasteiger partial charge in [0.1, 0.15) is 17.3 Å². The van der Waals surface area contributed by atoms with E-state index in [9.17, 15) is 17.6 Å². The monoisotopic (exact) mass is 814 g/mol. The Balaban J connectivity index is 1.39. The third kappa shape index (κ3) is 9.15. The molecule has 1 unspecified atom stereocenters. The van der Waals surface area contributed by atoms with E-state index in [2.05, 4.69) is 10.1 Å². The number of halogens is 3. The molecule has 14 heteroatoms. The molecule has 0 aliphatic carbocycles. The average Bonchev–Trinajstić information content (AvgIpc) is 3.77. The predicted octanol–water partition coefficient (Wildman–Crippen LogP) is 9.39. The van der Waals surface area contributed by atoms with Crippen LogP contribution >= 0.6 is 23.2 Å². The van der Waals surface area contributed by atoms with Crippen LogP contribution in [0.5, 0.6) is 5.75 Å². The second-order valence-corrected chi connectivity index (χ2v) is 16.9. The minimum absolute atomic E-state index is 0.0802. The molecule has 0 radical (unpaired) electrons. The smallest absolute Gasteiger partial charge is 0.355 e. The summed E-state index contributed by atoms with van der Waals surface area (Å²) in [6, 6.07) is 13.2. The quantitative estimate of drug-likeness (QED) is 0.0513. The highest BCUT2D eigenvalue weighted by molar-refractivity contribution is 7.89. The fraction of sp³-hybridized carbons (Fsp3) is 0.463. The SMILES string of the molecule is CCOC(=O)c1[nH]c2c(-c3c(C(CCC4CCOCC4)N(C)S(=O)(=O)CCCCl)n[nH]c3CC)c(Cl)ccc2c1CCCOc1cccc2cc(F)ccc12. The molecule has 0 bridgehead atoms. The van der Waals surface area contributed by atoms with Crippen LogP contribution in [0.4, 0.5) is 4.39 Å². The molecule has 2 aromatic heterocycles. The molecule has 3 aromatic carbocycles. The van der Waals surface area contributed by atoms with Crippen molar-refractivity contribution in [1.82, 2.24) is 19.5 Å². The summed E-state index contributed by atoms with van der Waals surface area (Å²) >= 11 is 13.1. The van der Waals surface area contributed by atoms with E-state index in [0.29, 0.717) is 96.6 Å². The van der Waals surface area contributed by atoms with Crippen molar-refractivity contribution in [3.8, 4) is 16.9 Å². The van der Waals surface area contributed by atoms with Crippen molar-refractivity contribution in [2.75, 3.05) is 45.1 Å². The van der Waals surface area contributed by atoms with Crippen LogP contribution in [0.3, 0.4) is 0 Å². The highest BCUT2D eigenvalue weighted by atomic mass is 35.5. The number of benzene rings is 3.